The minimum Gasteiger partial charge on any atom is -0.481 e. The van der Waals surface area contributed by atoms with Gasteiger partial charge in [-0.25, -0.2) is 4.79 Å². The highest BCUT2D eigenvalue weighted by Gasteiger charge is 2.19. The summed E-state index contributed by atoms with van der Waals surface area (Å²) >= 11 is 0. The lowest BCUT2D eigenvalue weighted by molar-refractivity contribution is -0.137. The Morgan fingerprint density at radius 3 is 2.40 bits per heavy atom. The van der Waals surface area contributed by atoms with Crippen LogP contribution in [0.2, 0.25) is 0 Å². The molecular formula is C14H21N3O3. The highest BCUT2D eigenvalue weighted by Crippen LogP contribution is 2.11. The van der Waals surface area contributed by atoms with Crippen molar-refractivity contribution in [2.75, 3.05) is 6.54 Å². The van der Waals surface area contributed by atoms with Crippen LogP contribution in [0.25, 0.3) is 0 Å². The molecule has 6 nitrogen and oxygen atoms in total. The fraction of sp³-hybridized carbons (Fsp3) is 0.500. The van der Waals surface area contributed by atoms with Crippen LogP contribution in [0.3, 0.4) is 0 Å². The summed E-state index contributed by atoms with van der Waals surface area (Å²) in [5, 5.41) is 11.6. The van der Waals surface area contributed by atoms with Crippen molar-refractivity contribution in [1.29, 1.82) is 0 Å². The molecule has 2 N–H and O–H groups in total. The second kappa shape index (κ2) is 7.47. The topological polar surface area (TPSA) is 82.5 Å². The first kappa shape index (κ1) is 15.9. The maximum atomic E-state index is 12.2. The van der Waals surface area contributed by atoms with Gasteiger partial charge in [-0.1, -0.05) is 0 Å². The molecule has 20 heavy (non-hydrogen) atoms. The van der Waals surface area contributed by atoms with E-state index in [0.717, 1.165) is 5.56 Å². The Bertz CT molecular complexity index is 448. The molecule has 0 aliphatic carbocycles. The molecule has 0 fully saturated rings. The third kappa shape index (κ3) is 4.87. The van der Waals surface area contributed by atoms with Crippen LogP contribution in [0.1, 0.15) is 38.8 Å². The van der Waals surface area contributed by atoms with E-state index in [1.807, 2.05) is 32.9 Å². The van der Waals surface area contributed by atoms with Gasteiger partial charge in [0.1, 0.15) is 0 Å². The molecule has 0 saturated heterocycles. The van der Waals surface area contributed by atoms with Crippen molar-refractivity contribution in [2.24, 2.45) is 0 Å². The predicted octanol–water partition coefficient (Wildman–Crippen LogP) is 2.04. The summed E-state index contributed by atoms with van der Waals surface area (Å²) in [7, 11) is 0. The monoisotopic (exact) mass is 279 g/mol. The SMILES string of the molecule is CC(NC(=O)N(CCC(=O)O)C(C)C)c1ccncc1. The van der Waals surface area contributed by atoms with Crippen LogP contribution in [0.15, 0.2) is 24.5 Å². The minimum atomic E-state index is -0.911. The molecule has 1 aromatic heterocycles. The summed E-state index contributed by atoms with van der Waals surface area (Å²) in [5.41, 5.74) is 0.954. The van der Waals surface area contributed by atoms with Gasteiger partial charge >= 0.3 is 12.0 Å². The zero-order valence-corrected chi connectivity index (χ0v) is 12.0. The number of nitrogens with one attached hydrogen (secondary N) is 1. The van der Waals surface area contributed by atoms with Crippen LogP contribution in [0.5, 0.6) is 0 Å². The molecule has 0 saturated carbocycles. The normalized spacial score (nSPS) is 12.0. The molecule has 1 rings (SSSR count). The van der Waals surface area contributed by atoms with E-state index >= 15 is 0 Å². The second-order valence-electron chi connectivity index (χ2n) is 4.88. The van der Waals surface area contributed by atoms with Crippen molar-refractivity contribution in [3.8, 4) is 0 Å². The summed E-state index contributed by atoms with van der Waals surface area (Å²) in [6, 6.07) is 3.20. The minimum absolute atomic E-state index is 0.0565. The average molecular weight is 279 g/mol. The zero-order valence-electron chi connectivity index (χ0n) is 12.0. The third-order valence-corrected chi connectivity index (χ3v) is 3.00. The molecule has 0 aliphatic heterocycles. The Morgan fingerprint density at radius 2 is 1.90 bits per heavy atom. The molecule has 1 heterocycles. The average Bonchev–Trinajstić information content (AvgIpc) is 2.39. The zero-order chi connectivity index (χ0) is 15.1. The number of carbonyl (C=O) groups is 2. The van der Waals surface area contributed by atoms with Gasteiger partial charge in [0.2, 0.25) is 0 Å². The van der Waals surface area contributed by atoms with Crippen LogP contribution < -0.4 is 5.32 Å². The number of carboxylic acids is 1. The van der Waals surface area contributed by atoms with Crippen molar-refractivity contribution in [3.63, 3.8) is 0 Å². The van der Waals surface area contributed by atoms with E-state index in [1.165, 1.54) is 4.90 Å². The number of aromatic nitrogens is 1. The summed E-state index contributed by atoms with van der Waals surface area (Å²) < 4.78 is 0. The van der Waals surface area contributed by atoms with E-state index in [1.54, 1.807) is 12.4 Å². The molecule has 1 atom stereocenters. The van der Waals surface area contributed by atoms with E-state index in [9.17, 15) is 9.59 Å². The number of carboxylic acid groups (broad SMARTS) is 1. The number of amides is 2. The number of hydrogen-bond donors (Lipinski definition) is 2. The van der Waals surface area contributed by atoms with Gasteiger partial charge in [-0.2, -0.15) is 0 Å². The standard InChI is InChI=1S/C14H21N3O3/c1-10(2)17(9-6-13(18)19)14(20)16-11(3)12-4-7-15-8-5-12/h4-5,7-8,10-11H,6,9H2,1-3H3,(H,16,20)(H,18,19). The molecule has 1 aromatic rings. The molecule has 0 aliphatic rings. The van der Waals surface area contributed by atoms with Crippen LogP contribution in [-0.4, -0.2) is 39.6 Å². The van der Waals surface area contributed by atoms with Gasteiger partial charge in [0.25, 0.3) is 0 Å². The fourth-order valence-electron chi connectivity index (χ4n) is 1.81. The van der Waals surface area contributed by atoms with E-state index in [-0.39, 0.29) is 31.1 Å². The van der Waals surface area contributed by atoms with E-state index in [2.05, 4.69) is 10.3 Å². The van der Waals surface area contributed by atoms with Gasteiger partial charge in [0, 0.05) is 25.0 Å². The lowest BCUT2D eigenvalue weighted by Gasteiger charge is -2.28. The van der Waals surface area contributed by atoms with Crippen LogP contribution in [-0.2, 0) is 4.79 Å². The summed E-state index contributed by atoms with van der Waals surface area (Å²) in [4.78, 5) is 28.3. The van der Waals surface area contributed by atoms with Crippen molar-refractivity contribution in [1.82, 2.24) is 15.2 Å². The van der Waals surface area contributed by atoms with E-state index < -0.39 is 5.97 Å². The molecule has 110 valence electrons. The first-order chi connectivity index (χ1) is 9.41. The molecule has 0 bridgehead atoms. The Balaban J connectivity index is 2.64. The van der Waals surface area contributed by atoms with Crippen molar-refractivity contribution in [3.05, 3.63) is 30.1 Å². The van der Waals surface area contributed by atoms with Crippen molar-refractivity contribution < 1.29 is 14.7 Å². The Kier molecular flexibility index (Phi) is 5.96. The van der Waals surface area contributed by atoms with Crippen molar-refractivity contribution in [2.45, 2.75) is 39.3 Å². The van der Waals surface area contributed by atoms with Crippen LogP contribution in [0, 0.1) is 0 Å². The Hall–Kier alpha value is -2.11. The lowest BCUT2D eigenvalue weighted by Crippen LogP contribution is -2.45. The van der Waals surface area contributed by atoms with Gasteiger partial charge in [0.15, 0.2) is 0 Å². The van der Waals surface area contributed by atoms with Gasteiger partial charge < -0.3 is 15.3 Å². The number of nitrogens with zero attached hydrogens (tertiary/aromatic N) is 2. The number of pyridine rings is 1. The van der Waals surface area contributed by atoms with Gasteiger partial charge in [0.05, 0.1) is 12.5 Å². The Morgan fingerprint density at radius 1 is 1.30 bits per heavy atom. The van der Waals surface area contributed by atoms with Gasteiger partial charge in [-0.3, -0.25) is 9.78 Å². The highest BCUT2D eigenvalue weighted by molar-refractivity contribution is 5.76. The fourth-order valence-corrected chi connectivity index (χ4v) is 1.81. The van der Waals surface area contributed by atoms with Gasteiger partial charge in [-0.05, 0) is 38.5 Å². The largest absolute Gasteiger partial charge is 0.481 e. The third-order valence-electron chi connectivity index (χ3n) is 3.00. The van der Waals surface area contributed by atoms with E-state index in [0.29, 0.717) is 0 Å². The number of urea groups is 1. The number of aliphatic carboxylic acids is 1. The summed E-state index contributed by atoms with van der Waals surface area (Å²) in [6.07, 6.45) is 3.28. The van der Waals surface area contributed by atoms with Gasteiger partial charge in [-0.15, -0.1) is 0 Å². The number of hydrogen-bond acceptors (Lipinski definition) is 3. The molecule has 0 aromatic carbocycles. The summed E-state index contributed by atoms with van der Waals surface area (Å²) in [6.45, 7) is 5.79. The smallest absolute Gasteiger partial charge is 0.318 e. The quantitative estimate of drug-likeness (QED) is 0.834. The first-order valence-corrected chi connectivity index (χ1v) is 6.60. The number of carbonyl (C=O) groups excluding carboxylic acids is 1. The Labute approximate surface area is 118 Å². The molecular weight excluding hydrogens is 258 g/mol. The van der Waals surface area contributed by atoms with E-state index in [4.69, 9.17) is 5.11 Å². The maximum Gasteiger partial charge on any atom is 0.318 e. The number of rotatable bonds is 6. The first-order valence-electron chi connectivity index (χ1n) is 6.60. The molecule has 0 radical (unpaired) electrons. The van der Waals surface area contributed by atoms with Crippen molar-refractivity contribution >= 4 is 12.0 Å². The lowest BCUT2D eigenvalue weighted by atomic mass is 10.1. The van der Waals surface area contributed by atoms with Crippen LogP contribution >= 0.6 is 0 Å². The highest BCUT2D eigenvalue weighted by atomic mass is 16.4. The predicted molar refractivity (Wildman–Crippen MR) is 75.3 cm³/mol. The second-order valence-corrected chi connectivity index (χ2v) is 4.88. The summed E-state index contributed by atoms with van der Waals surface area (Å²) in [5.74, 6) is -0.911. The van der Waals surface area contributed by atoms with Crippen LogP contribution in [0.4, 0.5) is 4.79 Å². The molecule has 6 heteroatoms. The molecule has 2 amide bonds. The molecule has 1 unspecified atom stereocenters. The maximum absolute atomic E-state index is 12.2. The molecule has 0 spiro atoms.